The third kappa shape index (κ3) is 2.65. The van der Waals surface area contributed by atoms with Crippen molar-refractivity contribution in [2.75, 3.05) is 6.54 Å². The molecule has 2 aromatic rings. The second kappa shape index (κ2) is 5.45. The van der Waals surface area contributed by atoms with Crippen LogP contribution < -0.4 is 10.5 Å². The van der Waals surface area contributed by atoms with Crippen LogP contribution in [0.5, 0.6) is 0 Å². The van der Waals surface area contributed by atoms with E-state index < -0.39 is 15.6 Å². The summed E-state index contributed by atoms with van der Waals surface area (Å²) in [5, 5.41) is 3.95. The summed E-state index contributed by atoms with van der Waals surface area (Å²) in [5.74, 6) is 0.859. The van der Waals surface area contributed by atoms with E-state index in [4.69, 9.17) is 10.3 Å². The summed E-state index contributed by atoms with van der Waals surface area (Å²) in [4.78, 5) is 4.54. The average Bonchev–Trinajstić information content (AvgIpc) is 2.95. The fourth-order valence-electron chi connectivity index (χ4n) is 2.37. The topological polar surface area (TPSA) is 111 Å². The SMILES string of the molecule is CCNS(=O)(=O)c1ccc(-c2nc(C3(N)CCC3)no2)cc1. The normalized spacial score (nSPS) is 17.2. The summed E-state index contributed by atoms with van der Waals surface area (Å²) in [6, 6.07) is 6.31. The van der Waals surface area contributed by atoms with Crippen LogP contribution in [-0.4, -0.2) is 25.1 Å². The minimum atomic E-state index is -3.46. The molecule has 0 aliphatic heterocycles. The van der Waals surface area contributed by atoms with Crippen LogP contribution in [-0.2, 0) is 15.6 Å². The Labute approximate surface area is 129 Å². The molecule has 0 bridgehead atoms. The highest BCUT2D eigenvalue weighted by molar-refractivity contribution is 7.89. The van der Waals surface area contributed by atoms with Gasteiger partial charge in [0.05, 0.1) is 10.4 Å². The molecule has 22 heavy (non-hydrogen) atoms. The number of nitrogens with one attached hydrogen (secondary N) is 1. The molecule has 1 aromatic carbocycles. The lowest BCUT2D eigenvalue weighted by Crippen LogP contribution is -2.44. The van der Waals surface area contributed by atoms with Gasteiger partial charge in [-0.25, -0.2) is 13.1 Å². The van der Waals surface area contributed by atoms with Crippen molar-refractivity contribution >= 4 is 10.0 Å². The van der Waals surface area contributed by atoms with Gasteiger partial charge in [0, 0.05) is 12.1 Å². The van der Waals surface area contributed by atoms with Gasteiger partial charge in [-0.2, -0.15) is 4.98 Å². The van der Waals surface area contributed by atoms with Gasteiger partial charge in [-0.15, -0.1) is 0 Å². The summed E-state index contributed by atoms with van der Waals surface area (Å²) in [7, 11) is -3.46. The van der Waals surface area contributed by atoms with Gasteiger partial charge in [0.1, 0.15) is 0 Å². The third-order valence-electron chi connectivity index (χ3n) is 3.86. The molecule has 1 saturated carbocycles. The molecule has 1 fully saturated rings. The Balaban J connectivity index is 1.84. The fraction of sp³-hybridized carbons (Fsp3) is 0.429. The van der Waals surface area contributed by atoms with Crippen molar-refractivity contribution in [1.82, 2.24) is 14.9 Å². The molecule has 0 spiro atoms. The molecular weight excluding hydrogens is 304 g/mol. The number of rotatable bonds is 5. The second-order valence-corrected chi connectivity index (χ2v) is 7.23. The maximum Gasteiger partial charge on any atom is 0.257 e. The maximum absolute atomic E-state index is 11.9. The highest BCUT2D eigenvalue weighted by Gasteiger charge is 2.39. The first-order valence-corrected chi connectivity index (χ1v) is 8.66. The molecule has 8 heteroatoms. The van der Waals surface area contributed by atoms with Gasteiger partial charge in [0.15, 0.2) is 5.82 Å². The first-order chi connectivity index (χ1) is 10.4. The Morgan fingerprint density at radius 3 is 2.55 bits per heavy atom. The van der Waals surface area contributed by atoms with Gasteiger partial charge in [0.25, 0.3) is 5.89 Å². The molecule has 1 aliphatic carbocycles. The van der Waals surface area contributed by atoms with Gasteiger partial charge < -0.3 is 10.3 Å². The molecule has 0 amide bonds. The van der Waals surface area contributed by atoms with Crippen molar-refractivity contribution in [3.8, 4) is 11.5 Å². The van der Waals surface area contributed by atoms with Gasteiger partial charge in [0.2, 0.25) is 10.0 Å². The number of hydrogen-bond acceptors (Lipinski definition) is 6. The summed E-state index contributed by atoms with van der Waals surface area (Å²) in [6.07, 6.45) is 2.77. The Hall–Kier alpha value is -1.77. The molecule has 0 radical (unpaired) electrons. The van der Waals surface area contributed by atoms with Crippen LogP contribution in [0.3, 0.4) is 0 Å². The van der Waals surface area contributed by atoms with Crippen molar-refractivity contribution in [3.05, 3.63) is 30.1 Å². The monoisotopic (exact) mass is 322 g/mol. The van der Waals surface area contributed by atoms with E-state index in [1.807, 2.05) is 0 Å². The number of benzene rings is 1. The first-order valence-electron chi connectivity index (χ1n) is 7.18. The molecule has 1 heterocycles. The van der Waals surface area contributed by atoms with Crippen LogP contribution in [0.2, 0.25) is 0 Å². The summed E-state index contributed by atoms with van der Waals surface area (Å²) in [5.41, 5.74) is 6.35. The largest absolute Gasteiger partial charge is 0.334 e. The van der Waals surface area contributed by atoms with E-state index in [1.165, 1.54) is 12.1 Å². The van der Waals surface area contributed by atoms with Crippen molar-refractivity contribution < 1.29 is 12.9 Å². The Kier molecular flexibility index (Phi) is 3.75. The molecule has 0 unspecified atom stereocenters. The summed E-state index contributed by atoms with van der Waals surface area (Å²) >= 11 is 0. The number of sulfonamides is 1. The van der Waals surface area contributed by atoms with E-state index in [0.29, 0.717) is 23.8 Å². The standard InChI is InChI=1S/C14H18N4O3S/c1-2-16-22(19,20)11-6-4-10(5-7-11)12-17-13(18-21-12)14(15)8-3-9-14/h4-7,16H,2-3,8-9,15H2,1H3. The molecule has 1 aromatic heterocycles. The van der Waals surface area contributed by atoms with E-state index in [9.17, 15) is 8.42 Å². The lowest BCUT2D eigenvalue weighted by Gasteiger charge is -2.34. The highest BCUT2D eigenvalue weighted by Crippen LogP contribution is 2.37. The smallest absolute Gasteiger partial charge is 0.257 e. The molecule has 7 nitrogen and oxygen atoms in total. The Morgan fingerprint density at radius 2 is 2.00 bits per heavy atom. The van der Waals surface area contributed by atoms with Crippen LogP contribution >= 0.6 is 0 Å². The van der Waals surface area contributed by atoms with E-state index >= 15 is 0 Å². The lowest BCUT2D eigenvalue weighted by atomic mass is 9.77. The van der Waals surface area contributed by atoms with E-state index in [1.54, 1.807) is 19.1 Å². The second-order valence-electron chi connectivity index (χ2n) is 5.46. The van der Waals surface area contributed by atoms with Crippen molar-refractivity contribution in [2.45, 2.75) is 36.6 Å². The first kappa shape index (κ1) is 15.1. The number of nitrogens with zero attached hydrogens (tertiary/aromatic N) is 2. The zero-order valence-electron chi connectivity index (χ0n) is 12.2. The van der Waals surface area contributed by atoms with Gasteiger partial charge in [-0.3, -0.25) is 0 Å². The minimum Gasteiger partial charge on any atom is -0.334 e. The molecule has 3 rings (SSSR count). The van der Waals surface area contributed by atoms with Crippen LogP contribution in [0.25, 0.3) is 11.5 Å². The van der Waals surface area contributed by atoms with Crippen LogP contribution in [0, 0.1) is 0 Å². The predicted octanol–water partition coefficient (Wildman–Crippen LogP) is 1.37. The number of aromatic nitrogens is 2. The minimum absolute atomic E-state index is 0.201. The van der Waals surface area contributed by atoms with Gasteiger partial charge in [-0.1, -0.05) is 12.1 Å². The van der Waals surface area contributed by atoms with Crippen molar-refractivity contribution in [2.24, 2.45) is 5.73 Å². The third-order valence-corrected chi connectivity index (χ3v) is 5.42. The molecule has 3 N–H and O–H groups in total. The average molecular weight is 322 g/mol. The van der Waals surface area contributed by atoms with Crippen LogP contribution in [0.15, 0.2) is 33.7 Å². The highest BCUT2D eigenvalue weighted by atomic mass is 32.2. The quantitative estimate of drug-likeness (QED) is 0.860. The zero-order valence-corrected chi connectivity index (χ0v) is 13.1. The zero-order chi connectivity index (χ0) is 15.8. The van der Waals surface area contributed by atoms with Crippen molar-refractivity contribution in [3.63, 3.8) is 0 Å². The summed E-state index contributed by atoms with van der Waals surface area (Å²) < 4.78 is 31.4. The molecular formula is C14H18N4O3S. The lowest BCUT2D eigenvalue weighted by molar-refractivity contribution is 0.229. The maximum atomic E-state index is 11.9. The Bertz CT molecular complexity index is 764. The van der Waals surface area contributed by atoms with Crippen LogP contribution in [0.4, 0.5) is 0 Å². The van der Waals surface area contributed by atoms with Gasteiger partial charge in [-0.05, 0) is 43.5 Å². The predicted molar refractivity (Wildman–Crippen MR) is 80.3 cm³/mol. The number of hydrogen-bond donors (Lipinski definition) is 2. The fourth-order valence-corrected chi connectivity index (χ4v) is 3.42. The molecule has 0 saturated heterocycles. The molecule has 1 aliphatic rings. The Morgan fingerprint density at radius 1 is 1.32 bits per heavy atom. The molecule has 118 valence electrons. The summed E-state index contributed by atoms with van der Waals surface area (Å²) in [6.45, 7) is 2.07. The molecule has 0 atom stereocenters. The van der Waals surface area contributed by atoms with E-state index in [-0.39, 0.29) is 4.90 Å². The van der Waals surface area contributed by atoms with Crippen molar-refractivity contribution in [1.29, 1.82) is 0 Å². The van der Waals surface area contributed by atoms with Gasteiger partial charge >= 0.3 is 0 Å². The van der Waals surface area contributed by atoms with E-state index in [0.717, 1.165) is 19.3 Å². The van der Waals surface area contributed by atoms with E-state index in [2.05, 4.69) is 14.9 Å². The van der Waals surface area contributed by atoms with Crippen LogP contribution in [0.1, 0.15) is 32.0 Å². The number of nitrogens with two attached hydrogens (primary N) is 1.